The van der Waals surface area contributed by atoms with E-state index in [0.29, 0.717) is 12.8 Å². The number of hydrogen-bond donors (Lipinski definition) is 2. The molecule has 1 saturated heterocycles. The van der Waals surface area contributed by atoms with E-state index in [0.717, 1.165) is 11.1 Å². The van der Waals surface area contributed by atoms with Crippen molar-refractivity contribution in [2.45, 2.75) is 57.0 Å². The summed E-state index contributed by atoms with van der Waals surface area (Å²) in [5, 5.41) is 12.6. The molecule has 1 amide bonds. The molecule has 0 spiro atoms. The highest BCUT2D eigenvalue weighted by atomic mass is 16.5. The molecule has 1 fully saturated rings. The number of carboxylic acids is 1. The van der Waals surface area contributed by atoms with E-state index in [1.807, 2.05) is 60.7 Å². The lowest BCUT2D eigenvalue weighted by molar-refractivity contribution is -0.151. The fraction of sp³-hybridized carbons (Fsp3) is 0.423. The zero-order valence-electron chi connectivity index (χ0n) is 19.6. The summed E-state index contributed by atoms with van der Waals surface area (Å²) in [7, 11) is 1.50. The minimum atomic E-state index is -1.07. The Kier molecular flexibility index (Phi) is 9.18. The van der Waals surface area contributed by atoms with Crippen LogP contribution >= 0.6 is 0 Å². The van der Waals surface area contributed by atoms with Crippen molar-refractivity contribution in [1.82, 2.24) is 10.2 Å². The summed E-state index contributed by atoms with van der Waals surface area (Å²) in [5.41, 5.74) is 1.94. The molecule has 0 bridgehead atoms. The maximum absolute atomic E-state index is 13.1. The highest BCUT2D eigenvalue weighted by molar-refractivity contribution is 5.88. The lowest BCUT2D eigenvalue weighted by Crippen LogP contribution is -2.53. The van der Waals surface area contributed by atoms with E-state index in [-0.39, 0.29) is 31.6 Å². The van der Waals surface area contributed by atoms with Gasteiger partial charge in [0.25, 0.3) is 0 Å². The van der Waals surface area contributed by atoms with Crippen LogP contribution in [0.5, 0.6) is 0 Å². The molecule has 0 radical (unpaired) electrons. The zero-order valence-corrected chi connectivity index (χ0v) is 19.6. The SMILES string of the molecule is CO[C@@H]1C[C@@H](C(=O)O)N(C(=O)[C@H](C)NC(CCc2ccccc2)C(=O)OCc2ccccc2)C1. The largest absolute Gasteiger partial charge is 0.480 e. The first-order valence-corrected chi connectivity index (χ1v) is 11.5. The minimum absolute atomic E-state index is 0.133. The van der Waals surface area contributed by atoms with Gasteiger partial charge in [0, 0.05) is 20.1 Å². The molecule has 0 saturated carbocycles. The number of aliphatic carboxylic acids is 1. The number of carbonyl (C=O) groups excluding carboxylic acids is 2. The third-order valence-electron chi connectivity index (χ3n) is 6.06. The number of carboxylic acid groups (broad SMARTS) is 1. The predicted octanol–water partition coefficient (Wildman–Crippen LogP) is 2.41. The van der Waals surface area contributed by atoms with Crippen molar-refractivity contribution in [3.05, 3.63) is 71.8 Å². The van der Waals surface area contributed by atoms with Gasteiger partial charge in [-0.2, -0.15) is 0 Å². The fourth-order valence-corrected chi connectivity index (χ4v) is 4.12. The van der Waals surface area contributed by atoms with Gasteiger partial charge in [0.2, 0.25) is 5.91 Å². The molecule has 8 nitrogen and oxygen atoms in total. The summed E-state index contributed by atoms with van der Waals surface area (Å²) in [5.74, 6) is -1.90. The van der Waals surface area contributed by atoms with Gasteiger partial charge in [-0.3, -0.25) is 14.9 Å². The van der Waals surface area contributed by atoms with Crippen LogP contribution in [0.25, 0.3) is 0 Å². The summed E-state index contributed by atoms with van der Waals surface area (Å²) in [6.45, 7) is 1.97. The first-order valence-electron chi connectivity index (χ1n) is 11.5. The standard InChI is InChI=1S/C26H32N2O6/c1-18(24(29)28-16-21(33-2)15-23(28)25(30)31)27-22(14-13-19-9-5-3-6-10-19)26(32)34-17-20-11-7-4-8-12-20/h3-12,18,21-23,27H,13-17H2,1-2H3,(H,30,31)/t18-,21+,22?,23-/m0/s1. The van der Waals surface area contributed by atoms with Crippen LogP contribution in [0.3, 0.4) is 0 Å². The molecule has 1 unspecified atom stereocenters. The van der Waals surface area contributed by atoms with Crippen molar-refractivity contribution in [2.24, 2.45) is 0 Å². The maximum atomic E-state index is 13.1. The Labute approximate surface area is 199 Å². The van der Waals surface area contributed by atoms with Crippen LogP contribution in [0, 0.1) is 0 Å². The van der Waals surface area contributed by atoms with Gasteiger partial charge < -0.3 is 19.5 Å². The van der Waals surface area contributed by atoms with Gasteiger partial charge >= 0.3 is 11.9 Å². The van der Waals surface area contributed by atoms with Crippen LogP contribution in [0.1, 0.15) is 30.9 Å². The molecule has 0 aromatic heterocycles. The van der Waals surface area contributed by atoms with E-state index < -0.39 is 30.1 Å². The van der Waals surface area contributed by atoms with Crippen LogP contribution in [-0.4, -0.2) is 65.7 Å². The zero-order chi connectivity index (χ0) is 24.5. The third kappa shape index (κ3) is 6.88. The van der Waals surface area contributed by atoms with Gasteiger partial charge in [0.05, 0.1) is 12.1 Å². The lowest BCUT2D eigenvalue weighted by Gasteiger charge is -2.27. The van der Waals surface area contributed by atoms with Crippen LogP contribution in [0.15, 0.2) is 60.7 Å². The van der Waals surface area contributed by atoms with E-state index in [1.165, 1.54) is 12.0 Å². The number of hydrogen-bond acceptors (Lipinski definition) is 6. The molecule has 2 N–H and O–H groups in total. The number of esters is 1. The molecule has 1 heterocycles. The fourth-order valence-electron chi connectivity index (χ4n) is 4.12. The number of rotatable bonds is 11. The van der Waals surface area contributed by atoms with Crippen molar-refractivity contribution in [3.63, 3.8) is 0 Å². The van der Waals surface area contributed by atoms with Gasteiger partial charge in [-0.15, -0.1) is 0 Å². The summed E-state index contributed by atoms with van der Waals surface area (Å²) < 4.78 is 10.8. The third-order valence-corrected chi connectivity index (χ3v) is 6.06. The van der Waals surface area contributed by atoms with E-state index in [1.54, 1.807) is 6.92 Å². The molecule has 8 heteroatoms. The molecule has 3 rings (SSSR count). The van der Waals surface area contributed by atoms with Crippen LogP contribution in [-0.2, 0) is 36.9 Å². The van der Waals surface area contributed by atoms with Crippen molar-refractivity contribution >= 4 is 17.8 Å². The van der Waals surface area contributed by atoms with Crippen molar-refractivity contribution in [2.75, 3.05) is 13.7 Å². The first kappa shape index (κ1) is 25.4. The second-order valence-electron chi connectivity index (χ2n) is 8.50. The molecular formula is C26H32N2O6. The van der Waals surface area contributed by atoms with Crippen molar-refractivity contribution in [1.29, 1.82) is 0 Å². The topological polar surface area (TPSA) is 105 Å². The highest BCUT2D eigenvalue weighted by Gasteiger charge is 2.41. The number of amides is 1. The number of ether oxygens (including phenoxy) is 2. The second-order valence-corrected chi connectivity index (χ2v) is 8.50. The minimum Gasteiger partial charge on any atom is -0.480 e. The molecule has 1 aliphatic heterocycles. The first-order chi connectivity index (χ1) is 16.4. The van der Waals surface area contributed by atoms with Gasteiger partial charge in [-0.1, -0.05) is 60.7 Å². The van der Waals surface area contributed by atoms with Crippen molar-refractivity contribution < 1.29 is 29.0 Å². The summed E-state index contributed by atoms with van der Waals surface area (Å²) in [6.07, 6.45) is 0.952. The van der Waals surface area contributed by atoms with Crippen molar-refractivity contribution in [3.8, 4) is 0 Å². The van der Waals surface area contributed by atoms with Crippen LogP contribution in [0.4, 0.5) is 0 Å². The monoisotopic (exact) mass is 468 g/mol. The molecule has 2 aromatic rings. The maximum Gasteiger partial charge on any atom is 0.326 e. The number of carbonyl (C=O) groups is 3. The van der Waals surface area contributed by atoms with Gasteiger partial charge in [0.15, 0.2) is 0 Å². The number of aryl methyl sites for hydroxylation is 1. The Morgan fingerprint density at radius 3 is 2.26 bits per heavy atom. The van der Waals surface area contributed by atoms with Gasteiger partial charge in [-0.05, 0) is 30.9 Å². The Balaban J connectivity index is 1.67. The predicted molar refractivity (Wildman–Crippen MR) is 126 cm³/mol. The van der Waals surface area contributed by atoms with Crippen LogP contribution in [0.2, 0.25) is 0 Å². The average Bonchev–Trinajstić information content (AvgIpc) is 3.30. The highest BCUT2D eigenvalue weighted by Crippen LogP contribution is 2.21. The summed E-state index contributed by atoms with van der Waals surface area (Å²) >= 11 is 0. The Hall–Kier alpha value is -3.23. The number of nitrogens with zero attached hydrogens (tertiary/aromatic N) is 1. The Morgan fingerprint density at radius 2 is 1.68 bits per heavy atom. The summed E-state index contributed by atoms with van der Waals surface area (Å²) in [4.78, 5) is 39.1. The second kappa shape index (κ2) is 12.3. The quantitative estimate of drug-likeness (QED) is 0.488. The molecule has 4 atom stereocenters. The number of methoxy groups -OCH3 is 1. The van der Waals surface area contributed by atoms with Gasteiger partial charge in [0.1, 0.15) is 18.7 Å². The molecule has 2 aromatic carbocycles. The number of nitrogens with one attached hydrogen (secondary N) is 1. The van der Waals surface area contributed by atoms with E-state index in [9.17, 15) is 19.5 Å². The molecule has 182 valence electrons. The lowest BCUT2D eigenvalue weighted by atomic mass is 10.0. The van der Waals surface area contributed by atoms with Gasteiger partial charge in [-0.25, -0.2) is 4.79 Å². The normalized spacial score (nSPS) is 19.4. The average molecular weight is 469 g/mol. The van der Waals surface area contributed by atoms with Crippen LogP contribution < -0.4 is 5.32 Å². The van der Waals surface area contributed by atoms with E-state index in [4.69, 9.17) is 9.47 Å². The number of likely N-dealkylation sites (tertiary alicyclic amines) is 1. The smallest absolute Gasteiger partial charge is 0.326 e. The molecule has 1 aliphatic rings. The van der Waals surface area contributed by atoms with E-state index >= 15 is 0 Å². The molecule has 0 aliphatic carbocycles. The Morgan fingerprint density at radius 1 is 1.06 bits per heavy atom. The van der Waals surface area contributed by atoms with E-state index in [2.05, 4.69) is 5.32 Å². The summed E-state index contributed by atoms with van der Waals surface area (Å²) in [6, 6.07) is 16.7. The molecule has 34 heavy (non-hydrogen) atoms. The number of benzene rings is 2. The molecular weight excluding hydrogens is 436 g/mol. The Bertz CT molecular complexity index is 952.